The third kappa shape index (κ3) is 4.91. The van der Waals surface area contributed by atoms with E-state index in [4.69, 9.17) is 0 Å². The molecule has 1 atom stereocenters. The van der Waals surface area contributed by atoms with Crippen molar-refractivity contribution in [3.8, 4) is 0 Å². The van der Waals surface area contributed by atoms with Crippen molar-refractivity contribution in [2.45, 2.75) is 51.5 Å². The first kappa shape index (κ1) is 20.3. The van der Waals surface area contributed by atoms with Crippen LogP contribution in [-0.4, -0.2) is 83.2 Å². The summed E-state index contributed by atoms with van der Waals surface area (Å²) in [5.41, 5.74) is 1.61. The summed E-state index contributed by atoms with van der Waals surface area (Å²) in [6.45, 7) is 7.52. The average molecular weight is 376 g/mol. The highest BCUT2D eigenvalue weighted by atomic mass is 16.2. The van der Waals surface area contributed by atoms with E-state index in [-0.39, 0.29) is 6.04 Å². The molecule has 27 heavy (non-hydrogen) atoms. The zero-order valence-electron chi connectivity index (χ0n) is 17.7. The number of carbonyl (C=O) groups excluding carboxylic acids is 1. The van der Waals surface area contributed by atoms with Crippen LogP contribution in [0.1, 0.15) is 44.6 Å². The Balaban J connectivity index is 1.55. The Kier molecular flexibility index (Phi) is 6.58. The van der Waals surface area contributed by atoms with Crippen LogP contribution in [0.5, 0.6) is 0 Å². The molecule has 1 spiro atoms. The highest BCUT2D eigenvalue weighted by Gasteiger charge is 2.47. The molecule has 2 aliphatic rings. The third-order valence-electron chi connectivity index (χ3n) is 6.54. The fourth-order valence-corrected chi connectivity index (χ4v) is 4.85. The van der Waals surface area contributed by atoms with Gasteiger partial charge in [0.05, 0.1) is 12.2 Å². The molecule has 2 aliphatic heterocycles. The van der Waals surface area contributed by atoms with E-state index in [0.29, 0.717) is 11.3 Å². The highest BCUT2D eigenvalue weighted by Crippen LogP contribution is 2.43. The van der Waals surface area contributed by atoms with E-state index in [0.717, 1.165) is 45.3 Å². The van der Waals surface area contributed by atoms with Gasteiger partial charge in [-0.2, -0.15) is 5.10 Å². The first-order chi connectivity index (χ1) is 12.9. The number of aryl methyl sites for hydroxylation is 2. The predicted molar refractivity (Wildman–Crippen MR) is 109 cm³/mol. The number of carbonyl (C=O) groups is 1. The topological polar surface area (TPSA) is 44.6 Å². The number of piperidine rings is 1. The minimum atomic E-state index is 0.0803. The second-order valence-corrected chi connectivity index (χ2v) is 8.88. The van der Waals surface area contributed by atoms with Gasteiger partial charge in [0.1, 0.15) is 0 Å². The van der Waals surface area contributed by atoms with Crippen LogP contribution in [0.15, 0.2) is 12.4 Å². The lowest BCUT2D eigenvalue weighted by atomic mass is 9.76. The Labute approximate surface area is 164 Å². The molecule has 6 heteroatoms. The van der Waals surface area contributed by atoms with Crippen molar-refractivity contribution < 1.29 is 4.79 Å². The number of amides is 1. The SMILES string of the molecule is CCCN1CC2(CCN(C)CC2)CC1C(=O)N(C)CCCc1cnn(C)c1. The summed E-state index contributed by atoms with van der Waals surface area (Å²) >= 11 is 0. The summed E-state index contributed by atoms with van der Waals surface area (Å²) in [6, 6.07) is 0.0803. The lowest BCUT2D eigenvalue weighted by Crippen LogP contribution is -2.44. The third-order valence-corrected chi connectivity index (χ3v) is 6.54. The second-order valence-electron chi connectivity index (χ2n) is 8.88. The molecule has 0 saturated carbocycles. The number of nitrogens with zero attached hydrogens (tertiary/aromatic N) is 5. The van der Waals surface area contributed by atoms with Gasteiger partial charge in [-0.05, 0) is 76.2 Å². The smallest absolute Gasteiger partial charge is 0.239 e. The van der Waals surface area contributed by atoms with Crippen molar-refractivity contribution >= 4 is 5.91 Å². The molecule has 1 aromatic rings. The van der Waals surface area contributed by atoms with Crippen LogP contribution in [0, 0.1) is 5.41 Å². The van der Waals surface area contributed by atoms with E-state index in [1.165, 1.54) is 31.5 Å². The standard InChI is InChI=1S/C21H37N5O/c1-5-10-26-17-21(8-12-23(2)13-9-21)14-19(26)20(27)24(3)11-6-7-18-15-22-25(4)16-18/h15-16,19H,5-14,17H2,1-4H3. The first-order valence-corrected chi connectivity index (χ1v) is 10.6. The van der Waals surface area contributed by atoms with E-state index >= 15 is 0 Å². The fraction of sp³-hybridized carbons (Fsp3) is 0.810. The van der Waals surface area contributed by atoms with Crippen molar-refractivity contribution in [2.24, 2.45) is 12.5 Å². The molecule has 3 rings (SSSR count). The van der Waals surface area contributed by atoms with Gasteiger partial charge in [0.15, 0.2) is 0 Å². The van der Waals surface area contributed by atoms with Crippen LogP contribution in [-0.2, 0) is 18.3 Å². The molecule has 3 heterocycles. The number of hydrogen-bond acceptors (Lipinski definition) is 4. The molecule has 0 bridgehead atoms. The number of hydrogen-bond donors (Lipinski definition) is 0. The summed E-state index contributed by atoms with van der Waals surface area (Å²) in [5, 5.41) is 4.22. The van der Waals surface area contributed by atoms with E-state index < -0.39 is 0 Å². The van der Waals surface area contributed by atoms with Crippen LogP contribution >= 0.6 is 0 Å². The Morgan fingerprint density at radius 3 is 2.70 bits per heavy atom. The lowest BCUT2D eigenvalue weighted by molar-refractivity contribution is -0.134. The quantitative estimate of drug-likeness (QED) is 0.731. The molecule has 6 nitrogen and oxygen atoms in total. The van der Waals surface area contributed by atoms with E-state index in [1.807, 2.05) is 29.9 Å². The van der Waals surface area contributed by atoms with Gasteiger partial charge >= 0.3 is 0 Å². The monoisotopic (exact) mass is 375 g/mol. The maximum atomic E-state index is 13.2. The number of likely N-dealkylation sites (N-methyl/N-ethyl adjacent to an activating group) is 1. The van der Waals surface area contributed by atoms with Crippen molar-refractivity contribution in [1.29, 1.82) is 0 Å². The van der Waals surface area contributed by atoms with Gasteiger partial charge < -0.3 is 9.80 Å². The molecule has 0 radical (unpaired) electrons. The highest BCUT2D eigenvalue weighted by molar-refractivity contribution is 5.82. The summed E-state index contributed by atoms with van der Waals surface area (Å²) in [5.74, 6) is 0.324. The van der Waals surface area contributed by atoms with Gasteiger partial charge in [-0.15, -0.1) is 0 Å². The van der Waals surface area contributed by atoms with Crippen LogP contribution in [0.2, 0.25) is 0 Å². The number of likely N-dealkylation sites (tertiary alicyclic amines) is 2. The van der Waals surface area contributed by atoms with Gasteiger partial charge in [0, 0.05) is 33.4 Å². The molecule has 0 N–H and O–H groups in total. The molecule has 0 aromatic carbocycles. The van der Waals surface area contributed by atoms with Crippen LogP contribution in [0.3, 0.4) is 0 Å². The molecule has 1 aromatic heterocycles. The Morgan fingerprint density at radius 1 is 1.33 bits per heavy atom. The van der Waals surface area contributed by atoms with E-state index in [9.17, 15) is 4.79 Å². The van der Waals surface area contributed by atoms with Crippen LogP contribution < -0.4 is 0 Å². The summed E-state index contributed by atoms with van der Waals surface area (Å²) < 4.78 is 1.84. The normalized spacial score (nSPS) is 23.2. The summed E-state index contributed by atoms with van der Waals surface area (Å²) in [7, 11) is 6.14. The zero-order valence-corrected chi connectivity index (χ0v) is 17.7. The van der Waals surface area contributed by atoms with Crippen molar-refractivity contribution in [2.75, 3.05) is 46.8 Å². The van der Waals surface area contributed by atoms with Gasteiger partial charge in [0.25, 0.3) is 0 Å². The number of aromatic nitrogens is 2. The fourth-order valence-electron chi connectivity index (χ4n) is 4.85. The number of rotatable bonds is 7. The van der Waals surface area contributed by atoms with Gasteiger partial charge in [-0.3, -0.25) is 14.4 Å². The molecular weight excluding hydrogens is 338 g/mol. The summed E-state index contributed by atoms with van der Waals surface area (Å²) in [4.78, 5) is 20.1. The molecule has 0 aliphatic carbocycles. The molecule has 2 fully saturated rings. The van der Waals surface area contributed by atoms with Crippen LogP contribution in [0.25, 0.3) is 0 Å². The van der Waals surface area contributed by atoms with Gasteiger partial charge in [-0.25, -0.2) is 0 Å². The molecule has 2 saturated heterocycles. The van der Waals surface area contributed by atoms with Gasteiger partial charge in [-0.1, -0.05) is 6.92 Å². The Morgan fingerprint density at radius 2 is 2.07 bits per heavy atom. The van der Waals surface area contributed by atoms with Crippen molar-refractivity contribution in [1.82, 2.24) is 24.5 Å². The van der Waals surface area contributed by atoms with E-state index in [2.05, 4.69) is 35.1 Å². The van der Waals surface area contributed by atoms with Crippen LogP contribution in [0.4, 0.5) is 0 Å². The molecule has 152 valence electrons. The molecule has 1 unspecified atom stereocenters. The van der Waals surface area contributed by atoms with E-state index in [1.54, 1.807) is 0 Å². The molecule has 1 amide bonds. The average Bonchev–Trinajstić information content (AvgIpc) is 3.21. The van der Waals surface area contributed by atoms with Gasteiger partial charge in [0.2, 0.25) is 5.91 Å². The minimum absolute atomic E-state index is 0.0803. The minimum Gasteiger partial charge on any atom is -0.344 e. The lowest BCUT2D eigenvalue weighted by Gasteiger charge is -2.37. The maximum Gasteiger partial charge on any atom is 0.239 e. The summed E-state index contributed by atoms with van der Waals surface area (Å²) in [6.07, 6.45) is 10.6. The Hall–Kier alpha value is -1.40. The second kappa shape index (κ2) is 8.74. The largest absolute Gasteiger partial charge is 0.344 e. The van der Waals surface area contributed by atoms with Crippen molar-refractivity contribution in [3.63, 3.8) is 0 Å². The zero-order chi connectivity index (χ0) is 19.4. The predicted octanol–water partition coefficient (Wildman–Crippen LogP) is 2.01. The first-order valence-electron chi connectivity index (χ1n) is 10.6. The maximum absolute atomic E-state index is 13.2. The Bertz CT molecular complexity index is 620. The molecular formula is C21H37N5O. The van der Waals surface area contributed by atoms with Crippen molar-refractivity contribution in [3.05, 3.63) is 18.0 Å².